The third-order valence-corrected chi connectivity index (χ3v) is 4.12. The largest absolute Gasteiger partial charge is 0.496 e. The monoisotopic (exact) mass is 355 g/mol. The highest BCUT2D eigenvalue weighted by Gasteiger charge is 2.16. The number of nitrogens with zero attached hydrogens (tertiary/aromatic N) is 3. The van der Waals surface area contributed by atoms with Gasteiger partial charge in [0, 0.05) is 30.4 Å². The fraction of sp³-hybridized carbons (Fsp3) is 0.158. The summed E-state index contributed by atoms with van der Waals surface area (Å²) in [7, 11) is 3.38. The molecule has 0 saturated carbocycles. The highest BCUT2D eigenvalue weighted by Crippen LogP contribution is 2.20. The molecule has 0 spiro atoms. The van der Waals surface area contributed by atoms with Gasteiger partial charge in [0.05, 0.1) is 24.6 Å². The molecule has 1 amide bonds. The van der Waals surface area contributed by atoms with E-state index in [0.717, 1.165) is 17.0 Å². The average molecular weight is 356 g/mol. The van der Waals surface area contributed by atoms with Crippen molar-refractivity contribution in [2.45, 2.75) is 6.54 Å². The fourth-order valence-corrected chi connectivity index (χ4v) is 2.68. The van der Waals surface area contributed by atoms with E-state index in [-0.39, 0.29) is 5.91 Å². The number of aromatic nitrogens is 2. The highest BCUT2D eigenvalue weighted by molar-refractivity contribution is 6.30. The van der Waals surface area contributed by atoms with Gasteiger partial charge in [0.2, 0.25) is 0 Å². The molecule has 1 heterocycles. The lowest BCUT2D eigenvalue weighted by Gasteiger charge is -2.18. The molecule has 0 N–H and O–H groups in total. The first kappa shape index (κ1) is 17.0. The van der Waals surface area contributed by atoms with Crippen molar-refractivity contribution in [2.24, 2.45) is 0 Å². The summed E-state index contributed by atoms with van der Waals surface area (Å²) in [5.74, 6) is 0.658. The van der Waals surface area contributed by atoms with Gasteiger partial charge in [0.25, 0.3) is 5.91 Å². The van der Waals surface area contributed by atoms with Crippen LogP contribution < -0.4 is 4.74 Å². The number of rotatable bonds is 5. The Balaban J connectivity index is 1.75. The van der Waals surface area contributed by atoms with Crippen LogP contribution in [-0.2, 0) is 6.54 Å². The van der Waals surface area contributed by atoms with E-state index in [1.165, 1.54) is 0 Å². The van der Waals surface area contributed by atoms with Crippen LogP contribution in [0, 0.1) is 0 Å². The summed E-state index contributed by atoms with van der Waals surface area (Å²) in [5.41, 5.74) is 2.31. The standard InChI is InChI=1S/C19H18ClN3O2/c1-22(12-14-5-3-4-6-18(14)25-2)19(24)15-11-21-23(13-15)17-9-7-16(20)8-10-17/h3-11,13H,12H2,1-2H3. The van der Waals surface area contributed by atoms with E-state index in [9.17, 15) is 4.79 Å². The molecule has 0 radical (unpaired) electrons. The number of methoxy groups -OCH3 is 1. The van der Waals surface area contributed by atoms with E-state index in [0.29, 0.717) is 17.1 Å². The Kier molecular flexibility index (Phi) is 5.05. The Morgan fingerprint density at radius 2 is 1.92 bits per heavy atom. The fourth-order valence-electron chi connectivity index (χ4n) is 2.55. The number of hydrogen-bond donors (Lipinski definition) is 0. The van der Waals surface area contributed by atoms with Gasteiger partial charge < -0.3 is 9.64 Å². The second kappa shape index (κ2) is 7.40. The van der Waals surface area contributed by atoms with Crippen LogP contribution in [0.3, 0.4) is 0 Å². The molecular formula is C19H18ClN3O2. The number of amides is 1. The maximum Gasteiger partial charge on any atom is 0.257 e. The van der Waals surface area contributed by atoms with E-state index >= 15 is 0 Å². The van der Waals surface area contributed by atoms with Crippen LogP contribution in [0.1, 0.15) is 15.9 Å². The first-order valence-corrected chi connectivity index (χ1v) is 8.14. The van der Waals surface area contributed by atoms with Crippen molar-refractivity contribution in [2.75, 3.05) is 14.2 Å². The first-order valence-electron chi connectivity index (χ1n) is 7.76. The molecule has 0 aliphatic rings. The van der Waals surface area contributed by atoms with Crippen LogP contribution in [0.2, 0.25) is 5.02 Å². The summed E-state index contributed by atoms with van der Waals surface area (Å²) < 4.78 is 6.99. The molecule has 0 fully saturated rings. The summed E-state index contributed by atoms with van der Waals surface area (Å²) in [6.07, 6.45) is 3.28. The van der Waals surface area contributed by atoms with Gasteiger partial charge in [0.15, 0.2) is 0 Å². The van der Waals surface area contributed by atoms with Crippen molar-refractivity contribution < 1.29 is 9.53 Å². The first-order chi connectivity index (χ1) is 12.1. The molecule has 3 rings (SSSR count). The molecule has 3 aromatic rings. The molecule has 0 unspecified atom stereocenters. The van der Waals surface area contributed by atoms with E-state index in [4.69, 9.17) is 16.3 Å². The van der Waals surface area contributed by atoms with Crippen molar-refractivity contribution >= 4 is 17.5 Å². The minimum absolute atomic E-state index is 0.105. The van der Waals surface area contributed by atoms with Crippen LogP contribution in [0.4, 0.5) is 0 Å². The van der Waals surface area contributed by atoms with Crippen LogP contribution in [0.15, 0.2) is 60.9 Å². The Labute approximate surface area is 151 Å². The van der Waals surface area contributed by atoms with Crippen molar-refractivity contribution in [3.63, 3.8) is 0 Å². The number of carbonyl (C=O) groups is 1. The van der Waals surface area contributed by atoms with Crippen molar-refractivity contribution in [1.82, 2.24) is 14.7 Å². The number of ether oxygens (including phenoxy) is 1. The van der Waals surface area contributed by atoms with Crippen molar-refractivity contribution in [3.8, 4) is 11.4 Å². The van der Waals surface area contributed by atoms with Gasteiger partial charge >= 0.3 is 0 Å². The zero-order valence-corrected chi connectivity index (χ0v) is 14.8. The van der Waals surface area contributed by atoms with Gasteiger partial charge in [-0.2, -0.15) is 5.10 Å². The van der Waals surface area contributed by atoms with Crippen LogP contribution >= 0.6 is 11.6 Å². The SMILES string of the molecule is COc1ccccc1CN(C)C(=O)c1cnn(-c2ccc(Cl)cc2)c1. The van der Waals surface area contributed by atoms with Gasteiger partial charge in [-0.05, 0) is 30.3 Å². The minimum atomic E-state index is -0.105. The van der Waals surface area contributed by atoms with Gasteiger partial charge in [-0.15, -0.1) is 0 Å². The zero-order chi connectivity index (χ0) is 17.8. The summed E-state index contributed by atoms with van der Waals surface area (Å²) in [4.78, 5) is 14.3. The predicted molar refractivity (Wildman–Crippen MR) is 97.4 cm³/mol. The van der Waals surface area contributed by atoms with Gasteiger partial charge in [-0.25, -0.2) is 4.68 Å². The van der Waals surface area contributed by atoms with Gasteiger partial charge in [-0.3, -0.25) is 4.79 Å². The third-order valence-electron chi connectivity index (χ3n) is 3.87. The van der Waals surface area contributed by atoms with E-state index in [1.54, 1.807) is 48.3 Å². The number of para-hydroxylation sites is 1. The lowest BCUT2D eigenvalue weighted by atomic mass is 10.2. The Hall–Kier alpha value is -2.79. The summed E-state index contributed by atoms with van der Waals surface area (Å²) in [6.45, 7) is 0.453. The van der Waals surface area contributed by atoms with Gasteiger partial charge in [-0.1, -0.05) is 29.8 Å². The second-order valence-corrected chi connectivity index (χ2v) is 6.06. The van der Waals surface area contributed by atoms with Crippen molar-refractivity contribution in [3.05, 3.63) is 77.1 Å². The van der Waals surface area contributed by atoms with E-state index in [1.807, 2.05) is 36.4 Å². The molecule has 0 atom stereocenters. The highest BCUT2D eigenvalue weighted by atomic mass is 35.5. The third kappa shape index (κ3) is 3.83. The Bertz CT molecular complexity index is 874. The normalized spacial score (nSPS) is 10.5. The van der Waals surface area contributed by atoms with Crippen LogP contribution in [-0.4, -0.2) is 34.7 Å². The number of halogens is 1. The molecule has 6 heteroatoms. The molecule has 0 aliphatic carbocycles. The predicted octanol–water partition coefficient (Wildman–Crippen LogP) is 3.81. The number of carbonyl (C=O) groups excluding carboxylic acids is 1. The molecule has 128 valence electrons. The number of hydrogen-bond acceptors (Lipinski definition) is 3. The Morgan fingerprint density at radius 1 is 1.20 bits per heavy atom. The average Bonchev–Trinajstić information content (AvgIpc) is 3.12. The summed E-state index contributed by atoms with van der Waals surface area (Å²) in [6, 6.07) is 14.9. The second-order valence-electron chi connectivity index (χ2n) is 5.62. The maximum absolute atomic E-state index is 12.7. The molecule has 5 nitrogen and oxygen atoms in total. The van der Waals surface area contributed by atoms with E-state index in [2.05, 4.69) is 5.10 Å². The van der Waals surface area contributed by atoms with E-state index < -0.39 is 0 Å². The van der Waals surface area contributed by atoms with Crippen molar-refractivity contribution in [1.29, 1.82) is 0 Å². The lowest BCUT2D eigenvalue weighted by Crippen LogP contribution is -2.26. The lowest BCUT2D eigenvalue weighted by molar-refractivity contribution is 0.0784. The summed E-state index contributed by atoms with van der Waals surface area (Å²) in [5, 5.41) is 4.92. The van der Waals surface area contributed by atoms with Crippen LogP contribution in [0.25, 0.3) is 5.69 Å². The molecule has 0 saturated heterocycles. The smallest absolute Gasteiger partial charge is 0.257 e. The molecule has 0 bridgehead atoms. The summed E-state index contributed by atoms with van der Waals surface area (Å²) >= 11 is 5.90. The molecule has 25 heavy (non-hydrogen) atoms. The molecular weight excluding hydrogens is 338 g/mol. The quantitative estimate of drug-likeness (QED) is 0.699. The minimum Gasteiger partial charge on any atom is -0.496 e. The maximum atomic E-state index is 12.7. The number of benzene rings is 2. The Morgan fingerprint density at radius 3 is 2.64 bits per heavy atom. The molecule has 1 aromatic heterocycles. The topological polar surface area (TPSA) is 47.4 Å². The van der Waals surface area contributed by atoms with Gasteiger partial charge in [0.1, 0.15) is 5.75 Å². The molecule has 2 aromatic carbocycles. The zero-order valence-electron chi connectivity index (χ0n) is 14.0. The molecule has 0 aliphatic heterocycles. The van der Waals surface area contributed by atoms with Crippen LogP contribution in [0.5, 0.6) is 5.75 Å².